The van der Waals surface area contributed by atoms with Gasteiger partial charge in [-0.15, -0.1) is 11.3 Å². The number of amides is 1. The van der Waals surface area contributed by atoms with Gasteiger partial charge in [0.15, 0.2) is 15.0 Å². The minimum atomic E-state index is -3.05. The van der Waals surface area contributed by atoms with E-state index in [-0.39, 0.29) is 35.2 Å². The molecule has 7 nitrogen and oxygen atoms in total. The molecule has 1 saturated carbocycles. The van der Waals surface area contributed by atoms with Gasteiger partial charge in [0.05, 0.1) is 22.6 Å². The van der Waals surface area contributed by atoms with Crippen molar-refractivity contribution in [1.82, 2.24) is 14.9 Å². The number of aromatic nitrogens is 2. The monoisotopic (exact) mass is 494 g/mol. The van der Waals surface area contributed by atoms with Crippen LogP contribution in [-0.4, -0.2) is 58.5 Å². The number of fused-ring (bicyclic) bond motifs is 3. The molecule has 5 rings (SSSR count). The fraction of sp³-hybridized carbons (Fsp3) is 0.682. The van der Waals surface area contributed by atoms with Gasteiger partial charge in [-0.2, -0.15) is 0 Å². The molecule has 0 radical (unpaired) electrons. The highest BCUT2D eigenvalue weighted by molar-refractivity contribution is 7.99. The van der Waals surface area contributed by atoms with Gasteiger partial charge in [0, 0.05) is 17.0 Å². The van der Waals surface area contributed by atoms with E-state index in [0.29, 0.717) is 17.4 Å². The Morgan fingerprint density at radius 2 is 1.84 bits per heavy atom. The largest absolute Gasteiger partial charge is 0.383 e. The van der Waals surface area contributed by atoms with Crippen LogP contribution in [0, 0.1) is 0 Å². The minimum Gasteiger partial charge on any atom is -0.383 e. The number of thiophene rings is 1. The number of rotatable bonds is 5. The average Bonchev–Trinajstić information content (AvgIpc) is 3.33. The smallest absolute Gasteiger partial charge is 0.233 e. The molecule has 1 saturated heterocycles. The summed E-state index contributed by atoms with van der Waals surface area (Å²) in [7, 11) is -3.05. The fourth-order valence-corrected chi connectivity index (χ4v) is 9.25. The van der Waals surface area contributed by atoms with Crippen LogP contribution in [0.4, 0.5) is 5.82 Å². The number of carbonyl (C=O) groups is 1. The van der Waals surface area contributed by atoms with Gasteiger partial charge in [-0.1, -0.05) is 31.0 Å². The highest BCUT2D eigenvalue weighted by Gasteiger charge is 2.38. The van der Waals surface area contributed by atoms with E-state index in [9.17, 15) is 13.2 Å². The second kappa shape index (κ2) is 9.10. The van der Waals surface area contributed by atoms with Crippen LogP contribution in [0.5, 0.6) is 0 Å². The van der Waals surface area contributed by atoms with E-state index in [1.165, 1.54) is 41.5 Å². The third-order valence-electron chi connectivity index (χ3n) is 7.00. The maximum Gasteiger partial charge on any atom is 0.233 e. The summed E-state index contributed by atoms with van der Waals surface area (Å²) in [5.41, 5.74) is 7.63. The van der Waals surface area contributed by atoms with Crippen LogP contribution in [0.25, 0.3) is 10.2 Å². The Bertz CT molecular complexity index is 1130. The first-order valence-electron chi connectivity index (χ1n) is 11.6. The third-order valence-corrected chi connectivity index (χ3v) is 10.8. The van der Waals surface area contributed by atoms with Crippen LogP contribution in [-0.2, 0) is 27.5 Å². The first-order valence-corrected chi connectivity index (χ1v) is 15.3. The highest BCUT2D eigenvalue weighted by atomic mass is 32.2. The summed E-state index contributed by atoms with van der Waals surface area (Å²) >= 11 is 3.02. The number of thioether (sulfide) groups is 1. The molecule has 174 valence electrons. The number of aryl methyl sites for hydroxylation is 2. The number of sulfone groups is 1. The Morgan fingerprint density at radius 1 is 1.06 bits per heavy atom. The molecule has 2 aromatic heterocycles. The van der Waals surface area contributed by atoms with Gasteiger partial charge in [0.2, 0.25) is 5.91 Å². The Morgan fingerprint density at radius 3 is 2.59 bits per heavy atom. The maximum atomic E-state index is 13.3. The molecule has 0 aromatic carbocycles. The van der Waals surface area contributed by atoms with Crippen molar-refractivity contribution in [3.8, 4) is 0 Å². The third kappa shape index (κ3) is 4.50. The Balaban J connectivity index is 1.34. The molecule has 1 atom stereocenters. The van der Waals surface area contributed by atoms with Gasteiger partial charge >= 0.3 is 0 Å². The Labute approximate surface area is 197 Å². The molecule has 2 fully saturated rings. The van der Waals surface area contributed by atoms with Crippen LogP contribution in [0.2, 0.25) is 0 Å². The molecule has 0 unspecified atom stereocenters. The number of nitrogens with zero attached hydrogens (tertiary/aromatic N) is 3. The molecule has 0 spiro atoms. The lowest BCUT2D eigenvalue weighted by Gasteiger charge is -2.38. The maximum absolute atomic E-state index is 13.3. The molecular weight excluding hydrogens is 464 g/mol. The zero-order valence-corrected chi connectivity index (χ0v) is 20.7. The van der Waals surface area contributed by atoms with Gasteiger partial charge in [0.1, 0.15) is 10.6 Å². The summed E-state index contributed by atoms with van der Waals surface area (Å²) in [5.74, 6) is 0.993. The number of nitrogens with two attached hydrogens (primary N) is 1. The summed E-state index contributed by atoms with van der Waals surface area (Å²) in [6.07, 6.45) is 10.4. The van der Waals surface area contributed by atoms with E-state index in [4.69, 9.17) is 10.7 Å². The molecule has 1 amide bonds. The fourth-order valence-electron chi connectivity index (χ4n) is 5.49. The number of anilines is 1. The van der Waals surface area contributed by atoms with Crippen LogP contribution >= 0.6 is 23.1 Å². The van der Waals surface area contributed by atoms with Crippen molar-refractivity contribution in [2.45, 2.75) is 81.4 Å². The summed E-state index contributed by atoms with van der Waals surface area (Å²) in [4.78, 5) is 26.8. The van der Waals surface area contributed by atoms with E-state index in [0.717, 1.165) is 48.7 Å². The number of carbonyl (C=O) groups excluding carboxylic acids is 1. The average molecular weight is 495 g/mol. The van der Waals surface area contributed by atoms with Gasteiger partial charge in [-0.3, -0.25) is 4.79 Å². The molecule has 32 heavy (non-hydrogen) atoms. The zero-order valence-electron chi connectivity index (χ0n) is 18.2. The van der Waals surface area contributed by atoms with Crippen molar-refractivity contribution < 1.29 is 13.2 Å². The SMILES string of the molecule is Nc1nc(SCC(=O)N(C2CCCCC2)[C@@H]2CCS(=O)(=O)C2)nc2sc3c(c12)CCCC3. The van der Waals surface area contributed by atoms with E-state index in [1.807, 2.05) is 4.90 Å². The summed E-state index contributed by atoms with van der Waals surface area (Å²) in [5, 5.41) is 1.53. The molecule has 3 aliphatic rings. The lowest BCUT2D eigenvalue weighted by molar-refractivity contribution is -0.133. The second-order valence-electron chi connectivity index (χ2n) is 9.22. The predicted octanol–water partition coefficient (Wildman–Crippen LogP) is 3.59. The Kier molecular flexibility index (Phi) is 6.37. The minimum absolute atomic E-state index is 0.00302. The van der Waals surface area contributed by atoms with E-state index < -0.39 is 9.84 Å². The standard InChI is InChI=1S/C22H30N4O3S3/c23-20-19-16-8-4-5-9-17(16)31-21(19)25-22(24-20)30-12-18(27)26(14-6-2-1-3-7-14)15-10-11-32(28,29)13-15/h14-15H,1-13H2,(H2,23,24,25)/t15-/m1/s1. The molecule has 2 N–H and O–H groups in total. The quantitative estimate of drug-likeness (QED) is 0.500. The molecule has 0 bridgehead atoms. The van der Waals surface area contributed by atoms with Gasteiger partial charge in [-0.25, -0.2) is 18.4 Å². The molecule has 10 heteroatoms. The van der Waals surface area contributed by atoms with Crippen LogP contribution in [0.15, 0.2) is 5.16 Å². The second-order valence-corrected chi connectivity index (χ2v) is 13.5. The van der Waals surface area contributed by atoms with Crippen molar-refractivity contribution in [2.75, 3.05) is 23.0 Å². The van der Waals surface area contributed by atoms with Crippen LogP contribution in [0.3, 0.4) is 0 Å². The Hall–Kier alpha value is -1.39. The van der Waals surface area contributed by atoms with Gasteiger partial charge in [-0.05, 0) is 50.5 Å². The van der Waals surface area contributed by atoms with E-state index in [1.54, 1.807) is 11.3 Å². The van der Waals surface area contributed by atoms with Gasteiger partial charge < -0.3 is 10.6 Å². The van der Waals surface area contributed by atoms with Crippen molar-refractivity contribution in [3.05, 3.63) is 10.4 Å². The van der Waals surface area contributed by atoms with E-state index in [2.05, 4.69) is 4.98 Å². The molecule has 2 aromatic rings. The van der Waals surface area contributed by atoms with E-state index >= 15 is 0 Å². The van der Waals surface area contributed by atoms with Crippen molar-refractivity contribution >= 4 is 54.9 Å². The highest BCUT2D eigenvalue weighted by Crippen LogP contribution is 2.38. The van der Waals surface area contributed by atoms with Crippen molar-refractivity contribution in [3.63, 3.8) is 0 Å². The number of hydrogen-bond acceptors (Lipinski definition) is 8. The zero-order chi connectivity index (χ0) is 22.3. The normalized spacial score (nSPS) is 23.3. The van der Waals surface area contributed by atoms with Crippen molar-refractivity contribution in [2.24, 2.45) is 0 Å². The first kappa shape index (κ1) is 22.4. The lowest BCUT2D eigenvalue weighted by atomic mass is 9.93. The first-order chi connectivity index (χ1) is 15.4. The predicted molar refractivity (Wildman–Crippen MR) is 130 cm³/mol. The van der Waals surface area contributed by atoms with Crippen molar-refractivity contribution in [1.29, 1.82) is 0 Å². The summed E-state index contributed by atoms with van der Waals surface area (Å²) < 4.78 is 24.2. The summed E-state index contributed by atoms with van der Waals surface area (Å²) in [6.45, 7) is 0. The molecule has 2 aliphatic carbocycles. The van der Waals surface area contributed by atoms with Crippen LogP contribution < -0.4 is 5.73 Å². The number of nitrogen functional groups attached to an aromatic ring is 1. The topological polar surface area (TPSA) is 106 Å². The van der Waals surface area contributed by atoms with Gasteiger partial charge in [0.25, 0.3) is 0 Å². The number of hydrogen-bond donors (Lipinski definition) is 1. The molecular formula is C22H30N4O3S3. The summed E-state index contributed by atoms with van der Waals surface area (Å²) in [6, 6.07) is -0.0543. The lowest BCUT2D eigenvalue weighted by Crippen LogP contribution is -2.49. The van der Waals surface area contributed by atoms with Crippen LogP contribution in [0.1, 0.15) is 61.8 Å². The molecule has 1 aliphatic heterocycles. The molecule has 3 heterocycles.